The summed E-state index contributed by atoms with van der Waals surface area (Å²) in [6.45, 7) is 2.36. The Kier molecular flexibility index (Phi) is 8.31. The van der Waals surface area contributed by atoms with Crippen molar-refractivity contribution in [2.45, 2.75) is 13.0 Å². The van der Waals surface area contributed by atoms with E-state index in [4.69, 9.17) is 16.3 Å². The number of benzene rings is 1. The quantitative estimate of drug-likeness (QED) is 0.378. The van der Waals surface area contributed by atoms with Gasteiger partial charge in [0.05, 0.1) is 18.2 Å². The summed E-state index contributed by atoms with van der Waals surface area (Å²) in [6.07, 6.45) is -1.54. The first-order chi connectivity index (χ1) is 11.3. The molecule has 0 bridgehead atoms. The van der Waals surface area contributed by atoms with Crippen molar-refractivity contribution in [2.24, 2.45) is 0 Å². The summed E-state index contributed by atoms with van der Waals surface area (Å²) in [7, 11) is 0. The Bertz CT molecular complexity index is 803. The standard InChI is InChI=1S/C16H11ClF4NO2.Y/c1-2-5-24-9-6-11(18)15(12(19)7-9)13-4-3-10(17)16(23)22(13)8-14(20)21;/h2-3,6-7,14H,1,5,8H2;/q-1;. The average Bonchev–Trinajstić information content (AvgIpc) is 2.51. The molecule has 1 heterocycles. The van der Waals surface area contributed by atoms with Gasteiger partial charge in [-0.3, -0.25) is 4.79 Å². The van der Waals surface area contributed by atoms with Crippen LogP contribution >= 0.6 is 11.6 Å². The molecule has 0 aliphatic rings. The first kappa shape index (κ1) is 21.9. The molecule has 2 rings (SSSR count). The van der Waals surface area contributed by atoms with Crippen LogP contribution in [-0.4, -0.2) is 17.6 Å². The van der Waals surface area contributed by atoms with Gasteiger partial charge in [0.15, 0.2) is 0 Å². The van der Waals surface area contributed by atoms with Crippen molar-refractivity contribution in [3.63, 3.8) is 0 Å². The minimum absolute atomic E-state index is 0. The zero-order valence-corrected chi connectivity index (χ0v) is 16.3. The van der Waals surface area contributed by atoms with Crippen LogP contribution in [-0.2, 0) is 39.3 Å². The first-order valence-corrected chi connectivity index (χ1v) is 7.05. The Morgan fingerprint density at radius 1 is 1.32 bits per heavy atom. The average molecular weight is 450 g/mol. The largest absolute Gasteiger partial charge is 0.489 e. The van der Waals surface area contributed by atoms with Crippen molar-refractivity contribution in [3.05, 3.63) is 63.9 Å². The number of aromatic nitrogens is 1. The van der Waals surface area contributed by atoms with Crippen LogP contribution in [0.1, 0.15) is 0 Å². The van der Waals surface area contributed by atoms with Crippen LogP contribution in [0.25, 0.3) is 11.3 Å². The molecule has 0 fully saturated rings. The Labute approximate surface area is 171 Å². The minimum atomic E-state index is -2.92. The fraction of sp³-hybridized carbons (Fsp3) is 0.188. The SMILES string of the molecule is C=CCOc1cc(F)c(-c2[c-]cc(Cl)c(=O)n2CC(F)F)c(F)c1.[Y]. The molecule has 0 unspecified atom stereocenters. The van der Waals surface area contributed by atoms with Gasteiger partial charge < -0.3 is 9.30 Å². The summed E-state index contributed by atoms with van der Waals surface area (Å²) in [4.78, 5) is 11.9. The molecule has 0 saturated carbocycles. The summed E-state index contributed by atoms with van der Waals surface area (Å²) >= 11 is 5.59. The Morgan fingerprint density at radius 3 is 2.44 bits per heavy atom. The van der Waals surface area contributed by atoms with Gasteiger partial charge in [-0.05, 0) is 5.56 Å². The Morgan fingerprint density at radius 2 is 1.92 bits per heavy atom. The predicted octanol–water partition coefficient (Wildman–Crippen LogP) is 4.07. The monoisotopic (exact) mass is 449 g/mol. The number of hydrogen-bond donors (Lipinski definition) is 0. The Balaban J connectivity index is 0.00000312. The van der Waals surface area contributed by atoms with E-state index in [1.807, 2.05) is 0 Å². The fourth-order valence-corrected chi connectivity index (χ4v) is 2.19. The normalized spacial score (nSPS) is 10.5. The predicted molar refractivity (Wildman–Crippen MR) is 81.6 cm³/mol. The summed E-state index contributed by atoms with van der Waals surface area (Å²) in [5.74, 6) is -2.28. The van der Waals surface area contributed by atoms with Crippen LogP contribution in [0.5, 0.6) is 5.75 Å². The molecule has 0 saturated heterocycles. The summed E-state index contributed by atoms with van der Waals surface area (Å²) < 4.78 is 59.5. The summed E-state index contributed by atoms with van der Waals surface area (Å²) in [5.41, 5.74) is -2.12. The van der Waals surface area contributed by atoms with Crippen LogP contribution in [0.3, 0.4) is 0 Å². The van der Waals surface area contributed by atoms with Crippen LogP contribution in [0, 0.1) is 17.7 Å². The second-order valence-electron chi connectivity index (χ2n) is 4.65. The van der Waals surface area contributed by atoms with Gasteiger partial charge in [-0.25, -0.2) is 17.6 Å². The molecule has 1 radical (unpaired) electrons. The van der Waals surface area contributed by atoms with Gasteiger partial charge in [-0.15, -0.1) is 0 Å². The minimum Gasteiger partial charge on any atom is -0.489 e. The van der Waals surface area contributed by atoms with Crippen LogP contribution in [0.15, 0.2) is 35.6 Å². The number of alkyl halides is 2. The second-order valence-corrected chi connectivity index (χ2v) is 5.06. The fourth-order valence-electron chi connectivity index (χ4n) is 2.04. The third-order valence-corrected chi connectivity index (χ3v) is 3.27. The number of rotatable bonds is 6. The van der Waals surface area contributed by atoms with Gasteiger partial charge >= 0.3 is 0 Å². The van der Waals surface area contributed by atoms with E-state index < -0.39 is 41.4 Å². The third kappa shape index (κ3) is 5.15. The van der Waals surface area contributed by atoms with E-state index in [9.17, 15) is 22.4 Å². The van der Waals surface area contributed by atoms with E-state index in [-0.39, 0.29) is 50.1 Å². The molecule has 0 amide bonds. The van der Waals surface area contributed by atoms with Gasteiger partial charge in [-0.1, -0.05) is 18.3 Å². The first-order valence-electron chi connectivity index (χ1n) is 6.67. The van der Waals surface area contributed by atoms with E-state index in [0.717, 1.165) is 18.2 Å². The third-order valence-electron chi connectivity index (χ3n) is 3.00. The zero-order valence-electron chi connectivity index (χ0n) is 12.7. The van der Waals surface area contributed by atoms with Crippen LogP contribution in [0.2, 0.25) is 5.02 Å². The molecule has 0 N–H and O–H groups in total. The van der Waals surface area contributed by atoms with Gasteiger partial charge in [0.25, 0.3) is 6.43 Å². The van der Waals surface area contributed by atoms with Gasteiger partial charge in [-0.2, -0.15) is 23.7 Å². The van der Waals surface area contributed by atoms with Gasteiger partial charge in [0, 0.05) is 49.9 Å². The number of nitrogens with zero attached hydrogens (tertiary/aromatic N) is 1. The van der Waals surface area contributed by atoms with E-state index in [2.05, 4.69) is 12.6 Å². The number of hydrogen-bond acceptors (Lipinski definition) is 2. The van der Waals surface area contributed by atoms with Crippen molar-refractivity contribution in [3.8, 4) is 17.0 Å². The van der Waals surface area contributed by atoms with E-state index in [1.165, 1.54) is 6.08 Å². The molecular weight excluding hydrogens is 439 g/mol. The zero-order chi connectivity index (χ0) is 17.9. The van der Waals surface area contributed by atoms with Crippen molar-refractivity contribution in [1.29, 1.82) is 0 Å². The second kappa shape index (κ2) is 9.50. The maximum absolute atomic E-state index is 14.3. The molecule has 0 spiro atoms. The van der Waals surface area contributed by atoms with E-state index in [0.29, 0.717) is 4.57 Å². The molecule has 25 heavy (non-hydrogen) atoms. The van der Waals surface area contributed by atoms with Gasteiger partial charge in [0.1, 0.15) is 12.4 Å². The summed E-state index contributed by atoms with van der Waals surface area (Å²) in [6, 6.07) is 5.10. The van der Waals surface area contributed by atoms with Crippen molar-refractivity contribution < 1.29 is 55.0 Å². The molecule has 2 aromatic rings. The maximum atomic E-state index is 14.3. The van der Waals surface area contributed by atoms with Crippen molar-refractivity contribution >= 4 is 11.6 Å². The smallest absolute Gasteiger partial charge is 0.256 e. The molecule has 131 valence electrons. The van der Waals surface area contributed by atoms with E-state index in [1.54, 1.807) is 0 Å². The molecule has 1 aromatic heterocycles. The van der Waals surface area contributed by atoms with E-state index >= 15 is 0 Å². The Hall–Kier alpha value is -1.18. The van der Waals surface area contributed by atoms with Gasteiger partial charge in [0.2, 0.25) is 5.56 Å². The van der Waals surface area contributed by atoms with Crippen LogP contribution < -0.4 is 10.3 Å². The molecule has 9 heteroatoms. The number of halogens is 5. The topological polar surface area (TPSA) is 31.2 Å². The molecule has 0 atom stereocenters. The molecule has 3 nitrogen and oxygen atoms in total. The summed E-state index contributed by atoms with van der Waals surface area (Å²) in [5, 5.41) is -0.383. The number of pyridine rings is 1. The molecule has 0 aliphatic carbocycles. The van der Waals surface area contributed by atoms with Crippen LogP contribution in [0.4, 0.5) is 17.6 Å². The molecule has 0 aliphatic heterocycles. The maximum Gasteiger partial charge on any atom is 0.256 e. The molecular formula is C16H11ClF4NO2Y-. The van der Waals surface area contributed by atoms with Crippen molar-refractivity contribution in [2.75, 3.05) is 6.61 Å². The number of ether oxygens (including phenoxy) is 1. The van der Waals surface area contributed by atoms with Crippen molar-refractivity contribution in [1.82, 2.24) is 4.57 Å². The molecule has 1 aromatic carbocycles.